The molecule has 0 saturated carbocycles. The molecular formula is C16H19ClN2O. The maximum Gasteiger partial charge on any atom is 0.122 e. The molecule has 1 aromatic carbocycles. The summed E-state index contributed by atoms with van der Waals surface area (Å²) >= 11 is 6.27. The third-order valence-electron chi connectivity index (χ3n) is 3.44. The lowest BCUT2D eigenvalue weighted by molar-refractivity contribution is 0.411. The third-order valence-corrected chi connectivity index (χ3v) is 3.76. The highest BCUT2D eigenvalue weighted by Gasteiger charge is 2.19. The SMILES string of the molecule is CNC(c1cc(C)c(OC)cc1C)c1ncccc1Cl. The molecule has 0 amide bonds. The Hall–Kier alpha value is -1.58. The first kappa shape index (κ1) is 14.8. The molecule has 1 N–H and O–H groups in total. The maximum absolute atomic E-state index is 6.27. The van der Waals surface area contributed by atoms with Crippen molar-refractivity contribution in [3.63, 3.8) is 0 Å². The number of benzene rings is 1. The van der Waals surface area contributed by atoms with Gasteiger partial charge < -0.3 is 10.1 Å². The maximum atomic E-state index is 6.27. The van der Waals surface area contributed by atoms with Crippen molar-refractivity contribution >= 4 is 11.6 Å². The lowest BCUT2D eigenvalue weighted by Gasteiger charge is -2.21. The molecule has 1 unspecified atom stereocenters. The molecule has 1 atom stereocenters. The zero-order chi connectivity index (χ0) is 14.7. The second kappa shape index (κ2) is 6.25. The fourth-order valence-corrected chi connectivity index (χ4v) is 2.62. The van der Waals surface area contributed by atoms with Gasteiger partial charge in [-0.05, 0) is 55.8 Å². The number of aryl methyl sites for hydroxylation is 2. The van der Waals surface area contributed by atoms with Crippen molar-refractivity contribution in [3.8, 4) is 5.75 Å². The number of ether oxygens (including phenoxy) is 1. The molecule has 1 aromatic heterocycles. The Balaban J connectivity index is 2.53. The second-order valence-electron chi connectivity index (χ2n) is 4.77. The van der Waals surface area contributed by atoms with Crippen LogP contribution in [0.3, 0.4) is 0 Å². The summed E-state index contributed by atoms with van der Waals surface area (Å²) in [6, 6.07) is 7.84. The molecule has 3 nitrogen and oxygen atoms in total. The number of pyridine rings is 1. The van der Waals surface area contributed by atoms with Gasteiger partial charge in [0.2, 0.25) is 0 Å². The van der Waals surface area contributed by atoms with Gasteiger partial charge in [-0.2, -0.15) is 0 Å². The van der Waals surface area contributed by atoms with Gasteiger partial charge in [-0.25, -0.2) is 0 Å². The quantitative estimate of drug-likeness (QED) is 0.933. The standard InChI is InChI=1S/C16H19ClN2O/c1-10-9-14(20-4)11(2)8-12(10)15(18-3)16-13(17)6-5-7-19-16/h5-9,15,18H,1-4H3. The van der Waals surface area contributed by atoms with Gasteiger partial charge in [0.1, 0.15) is 5.75 Å². The van der Waals surface area contributed by atoms with E-state index >= 15 is 0 Å². The Bertz CT molecular complexity index is 613. The Kier molecular flexibility index (Phi) is 4.63. The number of hydrogen-bond acceptors (Lipinski definition) is 3. The summed E-state index contributed by atoms with van der Waals surface area (Å²) in [7, 11) is 3.60. The summed E-state index contributed by atoms with van der Waals surface area (Å²) in [5.74, 6) is 0.897. The molecule has 0 fully saturated rings. The Morgan fingerprint density at radius 2 is 2.00 bits per heavy atom. The summed E-state index contributed by atoms with van der Waals surface area (Å²) < 4.78 is 5.36. The average molecular weight is 291 g/mol. The summed E-state index contributed by atoms with van der Waals surface area (Å²) in [6.45, 7) is 4.10. The van der Waals surface area contributed by atoms with Gasteiger partial charge in [-0.3, -0.25) is 4.98 Å². The van der Waals surface area contributed by atoms with Gasteiger partial charge >= 0.3 is 0 Å². The van der Waals surface area contributed by atoms with E-state index in [4.69, 9.17) is 16.3 Å². The van der Waals surface area contributed by atoms with Crippen molar-refractivity contribution in [1.82, 2.24) is 10.3 Å². The van der Waals surface area contributed by atoms with Crippen LogP contribution in [0.25, 0.3) is 0 Å². The minimum atomic E-state index is -0.0340. The van der Waals surface area contributed by atoms with E-state index in [0.29, 0.717) is 5.02 Å². The molecule has 2 aromatic rings. The van der Waals surface area contributed by atoms with Gasteiger partial charge in [-0.1, -0.05) is 17.7 Å². The lowest BCUT2D eigenvalue weighted by Crippen LogP contribution is -2.20. The summed E-state index contributed by atoms with van der Waals surface area (Å²) in [4.78, 5) is 4.41. The van der Waals surface area contributed by atoms with Gasteiger partial charge in [0.05, 0.1) is 23.9 Å². The molecule has 2 rings (SSSR count). The molecular weight excluding hydrogens is 272 g/mol. The van der Waals surface area contributed by atoms with Crippen LogP contribution in [0.1, 0.15) is 28.4 Å². The first-order valence-electron chi connectivity index (χ1n) is 6.51. The highest BCUT2D eigenvalue weighted by Crippen LogP contribution is 2.31. The first-order chi connectivity index (χ1) is 9.58. The highest BCUT2D eigenvalue weighted by atomic mass is 35.5. The van der Waals surface area contributed by atoms with E-state index in [9.17, 15) is 0 Å². The second-order valence-corrected chi connectivity index (χ2v) is 5.18. The van der Waals surface area contributed by atoms with Crippen LogP contribution in [0.15, 0.2) is 30.5 Å². The first-order valence-corrected chi connectivity index (χ1v) is 6.89. The Morgan fingerprint density at radius 1 is 1.25 bits per heavy atom. The molecule has 0 saturated heterocycles. The smallest absolute Gasteiger partial charge is 0.122 e. The minimum absolute atomic E-state index is 0.0340. The van der Waals surface area contributed by atoms with E-state index in [1.165, 1.54) is 0 Å². The van der Waals surface area contributed by atoms with E-state index in [2.05, 4.69) is 23.3 Å². The predicted molar refractivity (Wildman–Crippen MR) is 82.6 cm³/mol. The lowest BCUT2D eigenvalue weighted by atomic mass is 9.96. The van der Waals surface area contributed by atoms with Gasteiger partial charge in [-0.15, -0.1) is 0 Å². The third kappa shape index (κ3) is 2.79. The number of hydrogen-bond donors (Lipinski definition) is 1. The largest absolute Gasteiger partial charge is 0.496 e. The van der Waals surface area contributed by atoms with Crippen molar-refractivity contribution in [2.24, 2.45) is 0 Å². The number of methoxy groups -OCH3 is 1. The molecule has 0 aliphatic rings. The van der Waals surface area contributed by atoms with Crippen LogP contribution in [0, 0.1) is 13.8 Å². The van der Waals surface area contributed by atoms with Crippen LogP contribution >= 0.6 is 11.6 Å². The van der Waals surface area contributed by atoms with Gasteiger partial charge in [0.25, 0.3) is 0 Å². The fraction of sp³-hybridized carbons (Fsp3) is 0.312. The highest BCUT2D eigenvalue weighted by molar-refractivity contribution is 6.31. The number of nitrogens with one attached hydrogen (secondary N) is 1. The van der Waals surface area contributed by atoms with E-state index in [1.54, 1.807) is 13.3 Å². The van der Waals surface area contributed by atoms with Crippen molar-refractivity contribution in [2.45, 2.75) is 19.9 Å². The van der Waals surface area contributed by atoms with Crippen molar-refractivity contribution in [3.05, 3.63) is 57.9 Å². The monoisotopic (exact) mass is 290 g/mol. The zero-order valence-electron chi connectivity index (χ0n) is 12.2. The summed E-state index contributed by atoms with van der Waals surface area (Å²) in [5, 5.41) is 3.96. The van der Waals surface area contributed by atoms with E-state index in [0.717, 1.165) is 28.1 Å². The fourth-order valence-electron chi connectivity index (χ4n) is 2.39. The topological polar surface area (TPSA) is 34.1 Å². The molecule has 106 valence electrons. The molecule has 1 heterocycles. The van der Waals surface area contributed by atoms with Gasteiger partial charge in [0.15, 0.2) is 0 Å². The van der Waals surface area contributed by atoms with Crippen molar-refractivity contribution in [1.29, 1.82) is 0 Å². The Labute approximate surface area is 124 Å². The molecule has 20 heavy (non-hydrogen) atoms. The number of rotatable bonds is 4. The predicted octanol–water partition coefficient (Wildman–Crippen LogP) is 3.67. The molecule has 0 aliphatic carbocycles. The van der Waals surface area contributed by atoms with Crippen molar-refractivity contribution < 1.29 is 4.74 Å². The van der Waals surface area contributed by atoms with Crippen LogP contribution in [-0.4, -0.2) is 19.1 Å². The molecule has 0 aliphatic heterocycles. The molecule has 4 heteroatoms. The van der Waals surface area contributed by atoms with Crippen LogP contribution in [-0.2, 0) is 0 Å². The average Bonchev–Trinajstić information content (AvgIpc) is 2.45. The molecule has 0 bridgehead atoms. The van der Waals surface area contributed by atoms with Crippen LogP contribution < -0.4 is 10.1 Å². The summed E-state index contributed by atoms with van der Waals surface area (Å²) in [6.07, 6.45) is 1.76. The van der Waals surface area contributed by atoms with E-state index < -0.39 is 0 Å². The van der Waals surface area contributed by atoms with Crippen LogP contribution in [0.4, 0.5) is 0 Å². The molecule has 0 spiro atoms. The number of nitrogens with zero attached hydrogens (tertiary/aromatic N) is 1. The van der Waals surface area contributed by atoms with Crippen LogP contribution in [0.2, 0.25) is 5.02 Å². The van der Waals surface area contributed by atoms with E-state index in [1.807, 2.05) is 32.2 Å². The van der Waals surface area contributed by atoms with Gasteiger partial charge in [0, 0.05) is 6.20 Å². The number of halogens is 1. The Morgan fingerprint density at radius 3 is 2.60 bits per heavy atom. The summed E-state index contributed by atoms with van der Waals surface area (Å²) in [5.41, 5.74) is 4.24. The van der Waals surface area contributed by atoms with Crippen LogP contribution in [0.5, 0.6) is 5.75 Å². The van der Waals surface area contributed by atoms with E-state index in [-0.39, 0.29) is 6.04 Å². The normalized spacial score (nSPS) is 12.2. The zero-order valence-corrected chi connectivity index (χ0v) is 13.0. The van der Waals surface area contributed by atoms with Crippen molar-refractivity contribution in [2.75, 3.05) is 14.2 Å². The minimum Gasteiger partial charge on any atom is -0.496 e. The molecule has 0 radical (unpaired) electrons. The number of aromatic nitrogens is 1.